The third-order valence-electron chi connectivity index (χ3n) is 7.49. The highest BCUT2D eigenvalue weighted by Gasteiger charge is 2.19. The van der Waals surface area contributed by atoms with Gasteiger partial charge in [0.05, 0.1) is 12.7 Å². The minimum absolute atomic E-state index is 0.00690. The van der Waals surface area contributed by atoms with Crippen molar-refractivity contribution >= 4 is 23.7 Å². The topological polar surface area (TPSA) is 157 Å². The zero-order valence-corrected chi connectivity index (χ0v) is 26.2. The third-order valence-corrected chi connectivity index (χ3v) is 7.49. The molecule has 0 aliphatic heterocycles. The summed E-state index contributed by atoms with van der Waals surface area (Å²) < 4.78 is 5.29. The van der Waals surface area contributed by atoms with Crippen LogP contribution in [0.1, 0.15) is 76.0 Å². The van der Waals surface area contributed by atoms with Crippen LogP contribution in [0.4, 0.5) is 0 Å². The van der Waals surface area contributed by atoms with Gasteiger partial charge in [0.2, 0.25) is 0 Å². The van der Waals surface area contributed by atoms with Gasteiger partial charge < -0.3 is 35.2 Å². The van der Waals surface area contributed by atoms with Crippen molar-refractivity contribution in [2.24, 2.45) is 0 Å². The van der Waals surface area contributed by atoms with Crippen LogP contribution < -0.4 is 10.1 Å². The highest BCUT2D eigenvalue weighted by Crippen LogP contribution is 2.28. The van der Waals surface area contributed by atoms with Crippen LogP contribution >= 0.6 is 0 Å². The summed E-state index contributed by atoms with van der Waals surface area (Å²) in [7, 11) is 1.55. The van der Waals surface area contributed by atoms with Crippen molar-refractivity contribution in [3.05, 3.63) is 89.5 Å². The lowest BCUT2D eigenvalue weighted by atomic mass is 10.1. The molecule has 0 bridgehead atoms. The number of carboxylic acids is 1. The summed E-state index contributed by atoms with van der Waals surface area (Å²) in [5.41, 5.74) is 0.988. The SMILES string of the molecule is COc1cccc(C(=O)N(CCCCCCN(CC(=O)O)C(=O)c2ccccc2)CCCCCNC(=O)c2cccc(O)c2O)c1. The first kappa shape index (κ1) is 35.4. The number of nitrogens with one attached hydrogen (secondary N) is 1. The molecule has 3 rings (SSSR count). The molecule has 11 nitrogen and oxygen atoms in total. The fraction of sp³-hybridized carbons (Fsp3) is 0.371. The number of unbranched alkanes of at least 4 members (excludes halogenated alkanes) is 5. The van der Waals surface area contributed by atoms with Gasteiger partial charge in [-0.25, -0.2) is 0 Å². The van der Waals surface area contributed by atoms with E-state index in [1.807, 2.05) is 4.90 Å². The van der Waals surface area contributed by atoms with Gasteiger partial charge in [0.15, 0.2) is 11.5 Å². The van der Waals surface area contributed by atoms with Gasteiger partial charge in [-0.2, -0.15) is 0 Å². The second-order valence-corrected chi connectivity index (χ2v) is 10.9. The predicted molar refractivity (Wildman–Crippen MR) is 173 cm³/mol. The van der Waals surface area contributed by atoms with Gasteiger partial charge in [-0.3, -0.25) is 19.2 Å². The Bertz CT molecular complexity index is 1450. The van der Waals surface area contributed by atoms with Crippen LogP contribution in [0.2, 0.25) is 0 Å². The number of phenolic OH excluding ortho intramolecular Hbond substituents is 2. The summed E-state index contributed by atoms with van der Waals surface area (Å²) >= 11 is 0. The number of rotatable bonds is 19. The van der Waals surface area contributed by atoms with E-state index in [9.17, 15) is 34.5 Å². The van der Waals surface area contributed by atoms with Crippen molar-refractivity contribution in [2.75, 3.05) is 39.8 Å². The second kappa shape index (κ2) is 18.7. The number of carbonyl (C=O) groups excluding carboxylic acids is 3. The number of benzene rings is 3. The second-order valence-electron chi connectivity index (χ2n) is 10.9. The zero-order valence-electron chi connectivity index (χ0n) is 26.2. The summed E-state index contributed by atoms with van der Waals surface area (Å²) in [6.45, 7) is 1.40. The zero-order chi connectivity index (χ0) is 33.3. The van der Waals surface area contributed by atoms with Gasteiger partial charge >= 0.3 is 5.97 Å². The molecule has 3 aromatic carbocycles. The molecule has 0 aliphatic carbocycles. The summed E-state index contributed by atoms with van der Waals surface area (Å²) in [5, 5.41) is 31.5. The molecular formula is C35H43N3O8. The quantitative estimate of drug-likeness (QED) is 0.107. The minimum atomic E-state index is -1.06. The van der Waals surface area contributed by atoms with Gasteiger partial charge in [-0.15, -0.1) is 0 Å². The molecule has 0 aromatic heterocycles. The fourth-order valence-electron chi connectivity index (χ4n) is 5.01. The maximum absolute atomic E-state index is 13.4. The average Bonchev–Trinajstić information content (AvgIpc) is 3.06. The summed E-state index contributed by atoms with van der Waals surface area (Å²) in [4.78, 5) is 53.1. The molecule has 46 heavy (non-hydrogen) atoms. The van der Waals surface area contributed by atoms with Crippen molar-refractivity contribution in [2.45, 2.75) is 44.9 Å². The van der Waals surface area contributed by atoms with Gasteiger partial charge in [0, 0.05) is 37.3 Å². The van der Waals surface area contributed by atoms with Crippen LogP contribution in [0, 0.1) is 0 Å². The molecule has 0 fully saturated rings. The molecule has 246 valence electrons. The number of phenols is 2. The van der Waals surface area contributed by atoms with Gasteiger partial charge in [-0.1, -0.05) is 43.2 Å². The molecule has 3 amide bonds. The van der Waals surface area contributed by atoms with Crippen LogP contribution in [0.3, 0.4) is 0 Å². The van der Waals surface area contributed by atoms with Crippen LogP contribution in [0.25, 0.3) is 0 Å². The highest BCUT2D eigenvalue weighted by atomic mass is 16.5. The largest absolute Gasteiger partial charge is 0.504 e. The standard InChI is InChI=1S/C35H43N3O8/c1-46-28-17-12-16-27(24-28)35(45)37(22-11-5-8-20-36-33(43)29-18-13-19-30(39)32(29)42)21-9-2-3-10-23-38(25-31(40)41)34(44)26-14-6-4-7-15-26/h4,6-7,12-19,24,39,42H,2-3,5,8-11,20-23,25H2,1H3,(H,36,43)(H,40,41). The number of amides is 3. The van der Waals surface area contributed by atoms with E-state index in [0.29, 0.717) is 62.3 Å². The molecule has 0 radical (unpaired) electrons. The Morgan fingerprint density at radius 2 is 1.28 bits per heavy atom. The number of hydrogen-bond donors (Lipinski definition) is 4. The van der Waals surface area contributed by atoms with Crippen molar-refractivity contribution in [1.82, 2.24) is 15.1 Å². The summed E-state index contributed by atoms with van der Waals surface area (Å²) in [6, 6.07) is 19.9. The van der Waals surface area contributed by atoms with Crippen molar-refractivity contribution < 1.29 is 39.2 Å². The van der Waals surface area contributed by atoms with Crippen LogP contribution in [0.5, 0.6) is 17.2 Å². The lowest BCUT2D eigenvalue weighted by Crippen LogP contribution is -2.36. The molecule has 0 atom stereocenters. The van der Waals surface area contributed by atoms with Crippen LogP contribution in [-0.4, -0.2) is 88.6 Å². The first-order valence-corrected chi connectivity index (χ1v) is 15.5. The van der Waals surface area contributed by atoms with E-state index in [4.69, 9.17) is 4.74 Å². The third kappa shape index (κ3) is 11.1. The fourth-order valence-corrected chi connectivity index (χ4v) is 5.01. The lowest BCUT2D eigenvalue weighted by molar-refractivity contribution is -0.137. The highest BCUT2D eigenvalue weighted by molar-refractivity contribution is 5.97. The Labute approximate surface area is 269 Å². The molecule has 4 N–H and O–H groups in total. The number of ether oxygens (including phenoxy) is 1. The van der Waals surface area contributed by atoms with Crippen molar-refractivity contribution in [3.63, 3.8) is 0 Å². The van der Waals surface area contributed by atoms with E-state index < -0.39 is 17.6 Å². The Balaban J connectivity index is 1.47. The maximum atomic E-state index is 13.4. The number of carboxylic acid groups (broad SMARTS) is 1. The number of aromatic hydroxyl groups is 2. The van der Waals surface area contributed by atoms with E-state index in [-0.39, 0.29) is 29.7 Å². The van der Waals surface area contributed by atoms with E-state index >= 15 is 0 Å². The van der Waals surface area contributed by atoms with Crippen LogP contribution in [-0.2, 0) is 4.79 Å². The molecule has 0 saturated heterocycles. The van der Waals surface area contributed by atoms with E-state index in [2.05, 4.69) is 5.32 Å². The molecule has 0 heterocycles. The molecule has 11 heteroatoms. The molecule has 0 aliphatic rings. The van der Waals surface area contributed by atoms with E-state index in [1.54, 1.807) is 61.7 Å². The van der Waals surface area contributed by atoms with Gasteiger partial charge in [0.25, 0.3) is 17.7 Å². The number of para-hydroxylation sites is 1. The van der Waals surface area contributed by atoms with Gasteiger partial charge in [0.1, 0.15) is 12.3 Å². The number of carbonyl (C=O) groups is 4. The van der Waals surface area contributed by atoms with Crippen molar-refractivity contribution in [3.8, 4) is 17.2 Å². The van der Waals surface area contributed by atoms with E-state index in [0.717, 1.165) is 25.7 Å². The molecular weight excluding hydrogens is 590 g/mol. The Hall–Kier alpha value is -5.06. The molecule has 0 unspecified atom stereocenters. The van der Waals surface area contributed by atoms with E-state index in [1.165, 1.54) is 23.1 Å². The number of nitrogens with zero attached hydrogens (tertiary/aromatic N) is 2. The first-order chi connectivity index (χ1) is 22.2. The summed E-state index contributed by atoms with van der Waals surface area (Å²) in [5.74, 6) is -2.16. The lowest BCUT2D eigenvalue weighted by Gasteiger charge is -2.23. The Morgan fingerprint density at radius 1 is 0.696 bits per heavy atom. The monoisotopic (exact) mass is 633 g/mol. The smallest absolute Gasteiger partial charge is 0.323 e. The van der Waals surface area contributed by atoms with Crippen LogP contribution in [0.15, 0.2) is 72.8 Å². The Kier molecular flexibility index (Phi) is 14.4. The molecule has 0 saturated carbocycles. The number of aliphatic carboxylic acids is 1. The molecule has 3 aromatic rings. The maximum Gasteiger partial charge on any atom is 0.323 e. The van der Waals surface area contributed by atoms with Gasteiger partial charge in [-0.05, 0) is 74.6 Å². The number of methoxy groups -OCH3 is 1. The first-order valence-electron chi connectivity index (χ1n) is 15.5. The average molecular weight is 634 g/mol. The Morgan fingerprint density at radius 3 is 1.93 bits per heavy atom. The predicted octanol–water partition coefficient (Wildman–Crippen LogP) is 4.94. The summed E-state index contributed by atoms with van der Waals surface area (Å²) in [6.07, 6.45) is 5.09. The number of hydrogen-bond acceptors (Lipinski definition) is 7. The normalized spacial score (nSPS) is 10.6. The minimum Gasteiger partial charge on any atom is -0.504 e. The van der Waals surface area contributed by atoms with Crippen molar-refractivity contribution in [1.29, 1.82) is 0 Å². The molecule has 0 spiro atoms.